The maximum absolute atomic E-state index is 11.1. The van der Waals surface area contributed by atoms with Crippen LogP contribution in [0, 0.1) is 5.92 Å². The normalized spacial score (nSPS) is 20.6. The van der Waals surface area contributed by atoms with Crippen LogP contribution in [0.4, 0.5) is 5.69 Å². The summed E-state index contributed by atoms with van der Waals surface area (Å²) in [5.41, 5.74) is 5.37. The maximum atomic E-state index is 11.1. The molecule has 25 heavy (non-hydrogen) atoms. The number of nitrogens with one attached hydrogen (secondary N) is 1. The van der Waals surface area contributed by atoms with Gasteiger partial charge in [0.1, 0.15) is 0 Å². The number of carboxylic acid groups (broad SMARTS) is 1. The van der Waals surface area contributed by atoms with Crippen molar-refractivity contribution in [3.05, 3.63) is 46.4 Å². The molecular formula is C19H25N3O2S. The average Bonchev–Trinajstić information content (AvgIpc) is 3.08. The van der Waals surface area contributed by atoms with Gasteiger partial charge in [0.15, 0.2) is 0 Å². The summed E-state index contributed by atoms with van der Waals surface area (Å²) < 4.78 is 0. The summed E-state index contributed by atoms with van der Waals surface area (Å²) in [6.45, 7) is 1.72. The van der Waals surface area contributed by atoms with Crippen molar-refractivity contribution in [2.75, 3.05) is 12.4 Å². The summed E-state index contributed by atoms with van der Waals surface area (Å²) in [6, 6.07) is 8.88. The van der Waals surface area contributed by atoms with Crippen molar-refractivity contribution in [3.63, 3.8) is 0 Å². The van der Waals surface area contributed by atoms with E-state index in [9.17, 15) is 4.79 Å². The van der Waals surface area contributed by atoms with E-state index in [-0.39, 0.29) is 5.92 Å². The second kappa shape index (κ2) is 8.45. The Morgan fingerprint density at radius 3 is 2.80 bits per heavy atom. The number of rotatable bonds is 7. The highest BCUT2D eigenvalue weighted by Gasteiger charge is 2.25. The topological polar surface area (TPSA) is 65.5 Å². The Kier molecular flexibility index (Phi) is 6.04. The van der Waals surface area contributed by atoms with Gasteiger partial charge < -0.3 is 10.4 Å². The van der Waals surface area contributed by atoms with E-state index in [1.165, 1.54) is 5.56 Å². The first kappa shape index (κ1) is 17.9. The van der Waals surface area contributed by atoms with E-state index in [0.29, 0.717) is 6.04 Å². The number of nitrogens with zero attached hydrogens (tertiary/aromatic N) is 2. The lowest BCUT2D eigenvalue weighted by Crippen LogP contribution is -2.29. The molecule has 0 aliphatic heterocycles. The molecule has 5 nitrogen and oxygen atoms in total. The van der Waals surface area contributed by atoms with E-state index in [1.54, 1.807) is 11.3 Å². The molecule has 3 rings (SSSR count). The molecular weight excluding hydrogens is 334 g/mol. The van der Waals surface area contributed by atoms with E-state index in [0.717, 1.165) is 50.2 Å². The summed E-state index contributed by atoms with van der Waals surface area (Å²) in [5, 5.41) is 14.8. The molecule has 0 unspecified atom stereocenters. The van der Waals surface area contributed by atoms with Crippen LogP contribution >= 0.6 is 11.3 Å². The van der Waals surface area contributed by atoms with E-state index >= 15 is 0 Å². The second-order valence-electron chi connectivity index (χ2n) is 6.88. The van der Waals surface area contributed by atoms with E-state index < -0.39 is 5.97 Å². The van der Waals surface area contributed by atoms with Gasteiger partial charge in [-0.05, 0) is 50.4 Å². The highest BCUT2D eigenvalue weighted by molar-refractivity contribution is 7.07. The number of aliphatic carboxylic acids is 1. The lowest BCUT2D eigenvalue weighted by molar-refractivity contribution is -0.142. The Morgan fingerprint density at radius 2 is 2.12 bits per heavy atom. The van der Waals surface area contributed by atoms with Crippen molar-refractivity contribution in [3.8, 4) is 0 Å². The van der Waals surface area contributed by atoms with E-state index in [4.69, 9.17) is 5.11 Å². The number of thiazole rings is 1. The molecule has 1 heterocycles. The number of anilines is 1. The van der Waals surface area contributed by atoms with Gasteiger partial charge in [-0.2, -0.15) is 0 Å². The van der Waals surface area contributed by atoms with E-state index in [1.807, 2.05) is 5.51 Å². The zero-order chi connectivity index (χ0) is 17.6. The predicted molar refractivity (Wildman–Crippen MR) is 101 cm³/mol. The minimum atomic E-state index is -0.649. The molecule has 1 aliphatic carbocycles. The van der Waals surface area contributed by atoms with Crippen LogP contribution in [0.1, 0.15) is 36.9 Å². The minimum absolute atomic E-state index is 0.163. The number of hydrogen-bond donors (Lipinski definition) is 2. The van der Waals surface area contributed by atoms with Gasteiger partial charge in [0.25, 0.3) is 0 Å². The third-order valence-corrected chi connectivity index (χ3v) is 5.38. The maximum Gasteiger partial charge on any atom is 0.306 e. The SMILES string of the molecule is CN(Cc1cccc(NC2CCC(C(=O)O)CC2)c1)Cc1cscn1. The van der Waals surface area contributed by atoms with Gasteiger partial charge in [0.2, 0.25) is 0 Å². The highest BCUT2D eigenvalue weighted by atomic mass is 32.1. The molecule has 1 fully saturated rings. The number of aromatic nitrogens is 1. The number of carboxylic acids is 1. The third kappa shape index (κ3) is 5.28. The van der Waals surface area contributed by atoms with Gasteiger partial charge in [-0.25, -0.2) is 4.98 Å². The first-order valence-electron chi connectivity index (χ1n) is 8.74. The largest absolute Gasteiger partial charge is 0.481 e. The molecule has 0 amide bonds. The first-order valence-corrected chi connectivity index (χ1v) is 9.68. The van der Waals surface area contributed by atoms with Crippen LogP contribution < -0.4 is 5.32 Å². The van der Waals surface area contributed by atoms with Crippen LogP contribution in [0.3, 0.4) is 0 Å². The molecule has 0 bridgehead atoms. The molecule has 6 heteroatoms. The fraction of sp³-hybridized carbons (Fsp3) is 0.474. The molecule has 134 valence electrons. The fourth-order valence-electron chi connectivity index (χ4n) is 3.44. The first-order chi connectivity index (χ1) is 12.1. The molecule has 0 spiro atoms. The van der Waals surface area contributed by atoms with Crippen molar-refractivity contribution in [2.24, 2.45) is 5.92 Å². The quantitative estimate of drug-likeness (QED) is 0.786. The minimum Gasteiger partial charge on any atom is -0.481 e. The average molecular weight is 359 g/mol. The van der Waals surface area contributed by atoms with Crippen LogP contribution in [-0.4, -0.2) is 34.0 Å². The molecule has 0 saturated heterocycles. The van der Waals surface area contributed by atoms with Gasteiger partial charge in [-0.3, -0.25) is 9.69 Å². The Hall–Kier alpha value is -1.92. The molecule has 1 aromatic carbocycles. The third-order valence-electron chi connectivity index (χ3n) is 4.74. The van der Waals surface area contributed by atoms with Crippen LogP contribution in [0.2, 0.25) is 0 Å². The van der Waals surface area contributed by atoms with Gasteiger partial charge in [-0.15, -0.1) is 11.3 Å². The van der Waals surface area contributed by atoms with Gasteiger partial charge >= 0.3 is 5.97 Å². The zero-order valence-electron chi connectivity index (χ0n) is 14.5. The Balaban J connectivity index is 1.52. The molecule has 0 radical (unpaired) electrons. The smallest absolute Gasteiger partial charge is 0.306 e. The number of benzene rings is 1. The van der Waals surface area contributed by atoms with Crippen LogP contribution in [0.15, 0.2) is 35.2 Å². The lowest BCUT2D eigenvalue weighted by atomic mass is 9.86. The van der Waals surface area contributed by atoms with Gasteiger partial charge in [0, 0.05) is 30.2 Å². The molecule has 1 aromatic heterocycles. The van der Waals surface area contributed by atoms with Gasteiger partial charge in [-0.1, -0.05) is 12.1 Å². The Labute approximate surface area is 152 Å². The van der Waals surface area contributed by atoms with Crippen LogP contribution in [-0.2, 0) is 17.9 Å². The molecule has 0 atom stereocenters. The van der Waals surface area contributed by atoms with Crippen molar-refractivity contribution < 1.29 is 9.90 Å². The summed E-state index contributed by atoms with van der Waals surface area (Å²) in [7, 11) is 2.10. The monoisotopic (exact) mass is 359 g/mol. The summed E-state index contributed by atoms with van der Waals surface area (Å²) in [4.78, 5) is 17.6. The zero-order valence-corrected chi connectivity index (χ0v) is 15.3. The van der Waals surface area contributed by atoms with Crippen molar-refractivity contribution in [2.45, 2.75) is 44.8 Å². The number of hydrogen-bond acceptors (Lipinski definition) is 5. The van der Waals surface area contributed by atoms with Gasteiger partial charge in [0.05, 0.1) is 17.1 Å². The van der Waals surface area contributed by atoms with Crippen LogP contribution in [0.5, 0.6) is 0 Å². The Bertz CT molecular complexity index is 682. The van der Waals surface area contributed by atoms with Crippen molar-refractivity contribution in [1.82, 2.24) is 9.88 Å². The summed E-state index contributed by atoms with van der Waals surface area (Å²) in [5.74, 6) is -0.813. The highest BCUT2D eigenvalue weighted by Crippen LogP contribution is 2.27. The molecule has 1 saturated carbocycles. The number of carbonyl (C=O) groups is 1. The van der Waals surface area contributed by atoms with Crippen LogP contribution in [0.25, 0.3) is 0 Å². The van der Waals surface area contributed by atoms with Crippen molar-refractivity contribution >= 4 is 23.0 Å². The van der Waals surface area contributed by atoms with E-state index in [2.05, 4.69) is 51.9 Å². The summed E-state index contributed by atoms with van der Waals surface area (Å²) in [6.07, 6.45) is 3.38. The van der Waals surface area contributed by atoms with Crippen molar-refractivity contribution in [1.29, 1.82) is 0 Å². The Morgan fingerprint density at radius 1 is 1.32 bits per heavy atom. The fourth-order valence-corrected chi connectivity index (χ4v) is 3.99. The summed E-state index contributed by atoms with van der Waals surface area (Å²) >= 11 is 1.63. The standard InChI is InChI=1S/C19H25N3O2S/c1-22(11-18-12-25-13-20-18)10-14-3-2-4-17(9-14)21-16-7-5-15(6-8-16)19(23)24/h2-4,9,12-13,15-16,21H,5-8,10-11H2,1H3,(H,23,24). The second-order valence-corrected chi connectivity index (χ2v) is 7.60. The molecule has 2 aromatic rings. The molecule has 2 N–H and O–H groups in total. The molecule has 1 aliphatic rings. The lowest BCUT2D eigenvalue weighted by Gasteiger charge is -2.28. The predicted octanol–water partition coefficient (Wildman–Crippen LogP) is 3.83.